The van der Waals surface area contributed by atoms with E-state index in [9.17, 15) is 0 Å². The second kappa shape index (κ2) is 11.7. The number of hydrogen-bond donors (Lipinski definition) is 2. The van der Waals surface area contributed by atoms with E-state index in [-0.39, 0.29) is 35.9 Å². The van der Waals surface area contributed by atoms with Gasteiger partial charge in [-0.15, -0.1) is 24.0 Å². The predicted molar refractivity (Wildman–Crippen MR) is 121 cm³/mol. The van der Waals surface area contributed by atoms with Gasteiger partial charge >= 0.3 is 0 Å². The minimum absolute atomic E-state index is 0. The van der Waals surface area contributed by atoms with Crippen molar-refractivity contribution in [1.82, 2.24) is 20.8 Å². The van der Waals surface area contributed by atoms with Crippen LogP contribution in [0.4, 0.5) is 0 Å². The number of nitrogens with zero attached hydrogens (tertiary/aromatic N) is 3. The smallest absolute Gasteiger partial charge is 0.228 e. The molecular weight excluding hydrogens is 500 g/mol. The molecule has 0 bridgehead atoms. The van der Waals surface area contributed by atoms with Crippen molar-refractivity contribution in [2.45, 2.75) is 46.1 Å². The van der Waals surface area contributed by atoms with Gasteiger partial charge in [0, 0.05) is 28.9 Å². The van der Waals surface area contributed by atoms with Gasteiger partial charge in [0.1, 0.15) is 0 Å². The summed E-state index contributed by atoms with van der Waals surface area (Å²) in [5.41, 5.74) is 0.958. The molecule has 0 spiro atoms. The summed E-state index contributed by atoms with van der Waals surface area (Å²) < 4.78 is 5.24. The van der Waals surface area contributed by atoms with Gasteiger partial charge in [-0.05, 0) is 31.5 Å². The summed E-state index contributed by atoms with van der Waals surface area (Å²) in [4.78, 5) is 8.94. The van der Waals surface area contributed by atoms with Crippen LogP contribution in [0.15, 0.2) is 27.7 Å². The molecule has 150 valence electrons. The molecule has 1 aromatic carbocycles. The van der Waals surface area contributed by atoms with Crippen molar-refractivity contribution in [3.05, 3.63) is 45.5 Å². The first-order valence-electron chi connectivity index (χ1n) is 8.73. The molecule has 0 saturated heterocycles. The highest BCUT2D eigenvalue weighted by atomic mass is 127. The highest BCUT2D eigenvalue weighted by molar-refractivity contribution is 14.0. The van der Waals surface area contributed by atoms with E-state index in [2.05, 4.69) is 25.8 Å². The molecule has 0 amide bonds. The average Bonchev–Trinajstić information content (AvgIpc) is 3.04. The first-order chi connectivity index (χ1) is 12.4. The minimum atomic E-state index is -0.0199. The number of aliphatic imine (C=N–C) groups is 1. The molecule has 0 aliphatic carbocycles. The van der Waals surface area contributed by atoms with Gasteiger partial charge in [-0.3, -0.25) is 4.99 Å². The molecule has 1 heterocycles. The van der Waals surface area contributed by atoms with Crippen LogP contribution in [0.25, 0.3) is 0 Å². The summed E-state index contributed by atoms with van der Waals surface area (Å²) in [6, 6.07) is 5.46. The number of halogens is 3. The molecule has 1 aromatic heterocycles. The Morgan fingerprint density at radius 2 is 2.00 bits per heavy atom. The van der Waals surface area contributed by atoms with Gasteiger partial charge in [-0.2, -0.15) is 4.98 Å². The van der Waals surface area contributed by atoms with E-state index in [1.807, 2.05) is 39.8 Å². The Labute approximate surface area is 187 Å². The maximum Gasteiger partial charge on any atom is 0.228 e. The van der Waals surface area contributed by atoms with Crippen LogP contribution in [0, 0.1) is 0 Å². The minimum Gasteiger partial charge on any atom is -0.357 e. The Kier molecular flexibility index (Phi) is 10.4. The lowest BCUT2D eigenvalue weighted by atomic mass is 10.1. The second-order valence-corrected chi connectivity index (χ2v) is 7.09. The van der Waals surface area contributed by atoms with Crippen molar-refractivity contribution >= 4 is 53.1 Å². The third-order valence-corrected chi connectivity index (χ3v) is 4.28. The van der Waals surface area contributed by atoms with Crippen LogP contribution in [-0.2, 0) is 6.42 Å². The standard InChI is InChI=1S/C18H25Cl2N5O.HI/c1-5-21-18(22-9-8-16-24-17(11(2)3)25-26-16)23-12(4)14-7-6-13(19)10-15(14)20;/h6-7,10-12H,5,8-9H2,1-4H3,(H2,21,22,23);1H. The lowest BCUT2D eigenvalue weighted by Crippen LogP contribution is -2.39. The van der Waals surface area contributed by atoms with Gasteiger partial charge in [-0.25, -0.2) is 0 Å². The number of nitrogens with one attached hydrogen (secondary N) is 2. The lowest BCUT2D eigenvalue weighted by Gasteiger charge is -2.19. The summed E-state index contributed by atoms with van der Waals surface area (Å²) in [7, 11) is 0. The van der Waals surface area contributed by atoms with E-state index in [1.54, 1.807) is 6.07 Å². The predicted octanol–water partition coefficient (Wildman–Crippen LogP) is 4.98. The highest BCUT2D eigenvalue weighted by Gasteiger charge is 2.12. The lowest BCUT2D eigenvalue weighted by molar-refractivity contribution is 0.372. The molecule has 0 fully saturated rings. The number of rotatable bonds is 7. The molecule has 2 aromatic rings. The molecule has 0 radical (unpaired) electrons. The van der Waals surface area contributed by atoms with Crippen LogP contribution < -0.4 is 10.6 Å². The molecule has 9 heteroatoms. The molecule has 0 aliphatic rings. The normalized spacial score (nSPS) is 12.6. The molecule has 1 atom stereocenters. The Morgan fingerprint density at radius 1 is 1.26 bits per heavy atom. The summed E-state index contributed by atoms with van der Waals surface area (Å²) in [6.45, 7) is 9.40. The van der Waals surface area contributed by atoms with Crippen LogP contribution in [0.1, 0.15) is 56.9 Å². The third-order valence-electron chi connectivity index (χ3n) is 3.72. The largest absolute Gasteiger partial charge is 0.357 e. The van der Waals surface area contributed by atoms with E-state index in [1.165, 1.54) is 0 Å². The fraction of sp³-hybridized carbons (Fsp3) is 0.500. The Morgan fingerprint density at radius 3 is 2.59 bits per heavy atom. The van der Waals surface area contributed by atoms with Gasteiger partial charge in [0.25, 0.3) is 0 Å². The molecule has 0 saturated carbocycles. The third kappa shape index (κ3) is 7.46. The van der Waals surface area contributed by atoms with Crippen LogP contribution in [0.3, 0.4) is 0 Å². The zero-order valence-electron chi connectivity index (χ0n) is 15.9. The molecular formula is C18H26Cl2IN5O. The summed E-state index contributed by atoms with van der Waals surface area (Å²) >= 11 is 12.2. The molecule has 2 N–H and O–H groups in total. The van der Waals surface area contributed by atoms with E-state index in [0.29, 0.717) is 34.9 Å². The van der Waals surface area contributed by atoms with Gasteiger partial charge in [-0.1, -0.05) is 48.3 Å². The number of benzene rings is 1. The first-order valence-corrected chi connectivity index (χ1v) is 9.48. The summed E-state index contributed by atoms with van der Waals surface area (Å²) in [5.74, 6) is 2.27. The quantitative estimate of drug-likeness (QED) is 0.303. The second-order valence-electron chi connectivity index (χ2n) is 6.24. The van der Waals surface area contributed by atoms with Crippen molar-refractivity contribution in [3.8, 4) is 0 Å². The summed E-state index contributed by atoms with van der Waals surface area (Å²) in [6.07, 6.45) is 0.590. The van der Waals surface area contributed by atoms with E-state index in [0.717, 1.165) is 17.9 Å². The fourth-order valence-electron chi connectivity index (χ4n) is 2.32. The van der Waals surface area contributed by atoms with Crippen molar-refractivity contribution in [2.24, 2.45) is 4.99 Å². The SMILES string of the molecule is CCNC(=NCCc1nc(C(C)C)no1)NC(C)c1ccc(Cl)cc1Cl.I. The van der Waals surface area contributed by atoms with Gasteiger partial charge < -0.3 is 15.2 Å². The van der Waals surface area contributed by atoms with Crippen molar-refractivity contribution in [3.63, 3.8) is 0 Å². The van der Waals surface area contributed by atoms with E-state index < -0.39 is 0 Å². The van der Waals surface area contributed by atoms with Crippen molar-refractivity contribution in [2.75, 3.05) is 13.1 Å². The van der Waals surface area contributed by atoms with Crippen LogP contribution in [0.5, 0.6) is 0 Å². The van der Waals surface area contributed by atoms with E-state index in [4.69, 9.17) is 27.7 Å². The monoisotopic (exact) mass is 525 g/mol. The van der Waals surface area contributed by atoms with Crippen molar-refractivity contribution in [1.29, 1.82) is 0 Å². The zero-order valence-corrected chi connectivity index (χ0v) is 19.8. The average molecular weight is 526 g/mol. The van der Waals surface area contributed by atoms with Gasteiger partial charge in [0.15, 0.2) is 11.8 Å². The van der Waals surface area contributed by atoms with E-state index >= 15 is 0 Å². The molecule has 1 unspecified atom stereocenters. The summed E-state index contributed by atoms with van der Waals surface area (Å²) in [5, 5.41) is 11.8. The van der Waals surface area contributed by atoms with Crippen LogP contribution in [0.2, 0.25) is 10.0 Å². The zero-order chi connectivity index (χ0) is 19.1. The molecule has 27 heavy (non-hydrogen) atoms. The first kappa shape index (κ1) is 24.0. The molecule has 6 nitrogen and oxygen atoms in total. The maximum atomic E-state index is 6.28. The molecule has 0 aliphatic heterocycles. The molecule has 2 rings (SSSR count). The van der Waals surface area contributed by atoms with Crippen molar-refractivity contribution < 1.29 is 4.52 Å². The highest BCUT2D eigenvalue weighted by Crippen LogP contribution is 2.26. The Balaban J connectivity index is 0.00000364. The maximum absolute atomic E-state index is 6.28. The number of hydrogen-bond acceptors (Lipinski definition) is 4. The number of aromatic nitrogens is 2. The fourth-order valence-corrected chi connectivity index (χ4v) is 2.90. The van der Waals surface area contributed by atoms with Gasteiger partial charge in [0.05, 0.1) is 12.6 Å². The Bertz CT molecular complexity index is 751. The van der Waals surface area contributed by atoms with Crippen LogP contribution >= 0.6 is 47.2 Å². The number of guanidine groups is 1. The van der Waals surface area contributed by atoms with Crippen LogP contribution in [-0.4, -0.2) is 29.2 Å². The Hall–Kier alpha value is -1.06. The topological polar surface area (TPSA) is 75.3 Å². The van der Waals surface area contributed by atoms with Gasteiger partial charge in [0.2, 0.25) is 5.89 Å².